The second-order valence-corrected chi connectivity index (χ2v) is 4.66. The van der Waals surface area contributed by atoms with E-state index >= 15 is 0 Å². The van der Waals surface area contributed by atoms with Crippen LogP contribution < -0.4 is 14.8 Å². The molecular weight excluding hydrogens is 266 g/mol. The van der Waals surface area contributed by atoms with Crippen molar-refractivity contribution in [2.24, 2.45) is 0 Å². The molecule has 21 heavy (non-hydrogen) atoms. The number of hydrogen-bond acceptors (Lipinski definition) is 5. The lowest BCUT2D eigenvalue weighted by Gasteiger charge is -2.12. The Labute approximate surface area is 125 Å². The van der Waals surface area contributed by atoms with Crippen LogP contribution in [0.25, 0.3) is 0 Å². The largest absolute Gasteiger partial charge is 0.497 e. The van der Waals surface area contributed by atoms with Crippen LogP contribution in [0, 0.1) is 6.92 Å². The summed E-state index contributed by atoms with van der Waals surface area (Å²) in [5, 5.41) is 3.08. The van der Waals surface area contributed by atoms with E-state index in [9.17, 15) is 0 Å². The summed E-state index contributed by atoms with van der Waals surface area (Å²) in [5.74, 6) is 3.05. The summed E-state index contributed by atoms with van der Waals surface area (Å²) in [4.78, 5) is 8.88. The minimum Gasteiger partial charge on any atom is -0.497 e. The monoisotopic (exact) mass is 287 g/mol. The fraction of sp³-hybridized carbons (Fsp3) is 0.375. The molecule has 5 heteroatoms. The molecule has 0 amide bonds. The molecule has 0 aliphatic carbocycles. The zero-order valence-electron chi connectivity index (χ0n) is 12.9. The van der Waals surface area contributed by atoms with E-state index in [2.05, 4.69) is 15.3 Å². The lowest BCUT2D eigenvalue weighted by atomic mass is 10.2. The number of methoxy groups -OCH3 is 1. The first-order valence-corrected chi connectivity index (χ1v) is 6.99. The second kappa shape index (κ2) is 6.92. The van der Waals surface area contributed by atoms with Crippen molar-refractivity contribution in [1.82, 2.24) is 9.97 Å². The zero-order valence-corrected chi connectivity index (χ0v) is 12.9. The molecule has 5 nitrogen and oxygen atoms in total. The highest BCUT2D eigenvalue weighted by Crippen LogP contribution is 2.23. The smallest absolute Gasteiger partial charge is 0.222 e. The average Bonchev–Trinajstić information content (AvgIpc) is 2.54. The maximum absolute atomic E-state index is 5.85. The number of rotatable bonds is 6. The third kappa shape index (κ3) is 3.62. The lowest BCUT2D eigenvalue weighted by molar-refractivity contribution is 0.290. The minimum atomic E-state index is 0.466. The molecule has 0 aliphatic rings. The number of aromatic nitrogens is 2. The first-order valence-electron chi connectivity index (χ1n) is 6.99. The van der Waals surface area contributed by atoms with Crippen molar-refractivity contribution in [1.29, 1.82) is 0 Å². The van der Waals surface area contributed by atoms with Gasteiger partial charge in [-0.3, -0.25) is 0 Å². The molecule has 1 aromatic carbocycles. The Balaban J connectivity index is 2.14. The molecule has 0 aliphatic heterocycles. The van der Waals surface area contributed by atoms with Crippen LogP contribution in [0.2, 0.25) is 0 Å². The van der Waals surface area contributed by atoms with E-state index < -0.39 is 0 Å². The van der Waals surface area contributed by atoms with Crippen molar-refractivity contribution in [3.63, 3.8) is 0 Å². The lowest BCUT2D eigenvalue weighted by Crippen LogP contribution is -2.07. The van der Waals surface area contributed by atoms with Gasteiger partial charge in [0.05, 0.1) is 12.7 Å². The van der Waals surface area contributed by atoms with Crippen LogP contribution in [-0.4, -0.2) is 24.1 Å². The molecule has 1 aromatic heterocycles. The van der Waals surface area contributed by atoms with Gasteiger partial charge in [0, 0.05) is 13.5 Å². The fourth-order valence-corrected chi connectivity index (χ4v) is 1.96. The van der Waals surface area contributed by atoms with E-state index in [0.717, 1.165) is 34.9 Å². The topological polar surface area (TPSA) is 56.3 Å². The Morgan fingerprint density at radius 1 is 1.14 bits per heavy atom. The highest BCUT2D eigenvalue weighted by atomic mass is 16.5. The van der Waals surface area contributed by atoms with E-state index in [0.29, 0.717) is 12.5 Å². The van der Waals surface area contributed by atoms with Gasteiger partial charge in [0.1, 0.15) is 24.0 Å². The van der Waals surface area contributed by atoms with Crippen LogP contribution in [0.5, 0.6) is 11.6 Å². The predicted molar refractivity (Wildman–Crippen MR) is 83.0 cm³/mol. The standard InChI is InChI=1S/C16H21N3O2/c1-5-14-18-15(17-3)11(2)16(19-14)21-10-12-6-8-13(20-4)9-7-12/h6-9H,5,10H2,1-4H3,(H,17,18,19). The third-order valence-electron chi connectivity index (χ3n) is 3.24. The maximum atomic E-state index is 5.85. The van der Waals surface area contributed by atoms with Gasteiger partial charge in [-0.15, -0.1) is 0 Å². The van der Waals surface area contributed by atoms with Gasteiger partial charge in [0.2, 0.25) is 5.88 Å². The number of benzene rings is 1. The van der Waals surface area contributed by atoms with Crippen molar-refractivity contribution in [3.05, 3.63) is 41.2 Å². The molecule has 1 N–H and O–H groups in total. The molecule has 0 unspecified atom stereocenters. The molecule has 0 radical (unpaired) electrons. The first-order chi connectivity index (χ1) is 10.2. The van der Waals surface area contributed by atoms with Crippen molar-refractivity contribution < 1.29 is 9.47 Å². The van der Waals surface area contributed by atoms with Crippen LogP contribution in [0.15, 0.2) is 24.3 Å². The van der Waals surface area contributed by atoms with Crippen LogP contribution in [0.1, 0.15) is 23.9 Å². The molecule has 2 rings (SSSR count). The van der Waals surface area contributed by atoms with Gasteiger partial charge in [0.15, 0.2) is 0 Å². The fourth-order valence-electron chi connectivity index (χ4n) is 1.96. The van der Waals surface area contributed by atoms with Crippen molar-refractivity contribution >= 4 is 5.82 Å². The first kappa shape index (κ1) is 15.1. The molecule has 0 saturated heterocycles. The molecule has 2 aromatic rings. The maximum Gasteiger partial charge on any atom is 0.222 e. The van der Waals surface area contributed by atoms with Gasteiger partial charge in [-0.1, -0.05) is 19.1 Å². The summed E-state index contributed by atoms with van der Waals surface area (Å²) < 4.78 is 11.0. The molecule has 0 spiro atoms. The number of nitrogens with zero attached hydrogens (tertiary/aromatic N) is 2. The number of aryl methyl sites for hydroxylation is 1. The molecule has 1 heterocycles. The van der Waals surface area contributed by atoms with Crippen LogP contribution in [0.4, 0.5) is 5.82 Å². The summed E-state index contributed by atoms with van der Waals surface area (Å²) >= 11 is 0. The number of nitrogens with one attached hydrogen (secondary N) is 1. The van der Waals surface area contributed by atoms with E-state index in [1.807, 2.05) is 45.2 Å². The third-order valence-corrected chi connectivity index (χ3v) is 3.24. The Morgan fingerprint density at radius 2 is 1.86 bits per heavy atom. The number of hydrogen-bond donors (Lipinski definition) is 1. The molecule has 0 atom stereocenters. The Hall–Kier alpha value is -2.30. The van der Waals surface area contributed by atoms with Crippen LogP contribution in [0.3, 0.4) is 0 Å². The summed E-state index contributed by atoms with van der Waals surface area (Å²) in [6.45, 7) is 4.44. The van der Waals surface area contributed by atoms with E-state index in [4.69, 9.17) is 9.47 Å². The molecule has 0 saturated carbocycles. The highest BCUT2D eigenvalue weighted by Gasteiger charge is 2.10. The summed E-state index contributed by atoms with van der Waals surface area (Å²) in [6, 6.07) is 7.80. The van der Waals surface area contributed by atoms with Gasteiger partial charge < -0.3 is 14.8 Å². The van der Waals surface area contributed by atoms with E-state index in [-0.39, 0.29) is 0 Å². The van der Waals surface area contributed by atoms with Gasteiger partial charge >= 0.3 is 0 Å². The van der Waals surface area contributed by atoms with Crippen molar-refractivity contribution in [2.75, 3.05) is 19.5 Å². The highest BCUT2D eigenvalue weighted by molar-refractivity contribution is 5.48. The summed E-state index contributed by atoms with van der Waals surface area (Å²) in [6.07, 6.45) is 0.772. The Morgan fingerprint density at radius 3 is 2.43 bits per heavy atom. The molecular formula is C16H21N3O2. The predicted octanol–water partition coefficient (Wildman–Crippen LogP) is 2.98. The summed E-state index contributed by atoms with van der Waals surface area (Å²) in [7, 11) is 3.50. The van der Waals surface area contributed by atoms with E-state index in [1.54, 1.807) is 7.11 Å². The van der Waals surface area contributed by atoms with Crippen LogP contribution in [-0.2, 0) is 13.0 Å². The van der Waals surface area contributed by atoms with Gasteiger partial charge in [-0.2, -0.15) is 4.98 Å². The second-order valence-electron chi connectivity index (χ2n) is 4.66. The SMILES string of the molecule is CCc1nc(NC)c(C)c(OCc2ccc(OC)cc2)n1. The zero-order chi connectivity index (χ0) is 15.2. The van der Waals surface area contributed by atoms with Gasteiger partial charge in [0.25, 0.3) is 0 Å². The van der Waals surface area contributed by atoms with Crippen molar-refractivity contribution in [2.45, 2.75) is 26.9 Å². The van der Waals surface area contributed by atoms with Gasteiger partial charge in [-0.25, -0.2) is 4.98 Å². The summed E-state index contributed by atoms with van der Waals surface area (Å²) in [5.41, 5.74) is 1.99. The van der Waals surface area contributed by atoms with Gasteiger partial charge in [-0.05, 0) is 24.6 Å². The molecule has 112 valence electrons. The molecule has 0 fully saturated rings. The average molecular weight is 287 g/mol. The van der Waals surface area contributed by atoms with Crippen LogP contribution >= 0.6 is 0 Å². The molecule has 0 bridgehead atoms. The van der Waals surface area contributed by atoms with Crippen molar-refractivity contribution in [3.8, 4) is 11.6 Å². The quantitative estimate of drug-likeness (QED) is 0.885. The van der Waals surface area contributed by atoms with E-state index in [1.165, 1.54) is 0 Å². The number of anilines is 1. The Kier molecular flexibility index (Phi) is 4.98. The normalized spacial score (nSPS) is 10.3. The number of ether oxygens (including phenoxy) is 2. The minimum absolute atomic E-state index is 0.466. The Bertz CT molecular complexity index is 597.